The molecule has 1 aromatic carbocycles. The third-order valence-electron chi connectivity index (χ3n) is 3.78. The molecule has 0 bridgehead atoms. The summed E-state index contributed by atoms with van der Waals surface area (Å²) >= 11 is 0. The van der Waals surface area contributed by atoms with Crippen LogP contribution in [-0.2, 0) is 11.3 Å². The molecule has 1 fully saturated rings. The summed E-state index contributed by atoms with van der Waals surface area (Å²) in [5.41, 5.74) is 6.65. The molecule has 0 aliphatic carbocycles. The molecule has 2 heterocycles. The Morgan fingerprint density at radius 3 is 3.09 bits per heavy atom. The van der Waals surface area contributed by atoms with Crippen molar-refractivity contribution in [3.05, 3.63) is 30.2 Å². The Labute approximate surface area is 134 Å². The minimum Gasteiger partial charge on any atom is -0.490 e. The smallest absolute Gasteiger partial charge is 0.129 e. The van der Waals surface area contributed by atoms with Gasteiger partial charge in [0, 0.05) is 18.7 Å². The van der Waals surface area contributed by atoms with Crippen molar-refractivity contribution >= 4 is 0 Å². The fourth-order valence-corrected chi connectivity index (χ4v) is 2.59. The van der Waals surface area contributed by atoms with Crippen molar-refractivity contribution in [2.45, 2.75) is 31.9 Å². The summed E-state index contributed by atoms with van der Waals surface area (Å²) in [5.74, 6) is 0.245. The van der Waals surface area contributed by atoms with E-state index in [-0.39, 0.29) is 11.9 Å². The van der Waals surface area contributed by atoms with Gasteiger partial charge in [-0.1, -0.05) is 0 Å². The van der Waals surface area contributed by atoms with E-state index in [4.69, 9.17) is 15.2 Å². The number of ether oxygens (including phenoxy) is 2. The van der Waals surface area contributed by atoms with Gasteiger partial charge in [0.25, 0.3) is 0 Å². The summed E-state index contributed by atoms with van der Waals surface area (Å²) < 4.78 is 25.1. The summed E-state index contributed by atoms with van der Waals surface area (Å²) in [6, 6.07) is 4.41. The van der Waals surface area contributed by atoms with Crippen molar-refractivity contribution in [2.75, 3.05) is 19.8 Å². The van der Waals surface area contributed by atoms with Crippen molar-refractivity contribution in [2.24, 2.45) is 5.73 Å². The van der Waals surface area contributed by atoms with E-state index in [9.17, 15) is 4.39 Å². The van der Waals surface area contributed by atoms with E-state index in [0.717, 1.165) is 25.9 Å². The lowest BCUT2D eigenvalue weighted by Crippen LogP contribution is -2.25. The molecule has 1 saturated heterocycles. The highest BCUT2D eigenvalue weighted by molar-refractivity contribution is 5.66. The van der Waals surface area contributed by atoms with Gasteiger partial charge in [-0.2, -0.15) is 15.0 Å². The van der Waals surface area contributed by atoms with E-state index >= 15 is 0 Å². The molecule has 0 spiro atoms. The Balaban J connectivity index is 1.76. The van der Waals surface area contributed by atoms with Crippen LogP contribution < -0.4 is 10.5 Å². The standard InChI is InChI=1S/C16H21FN4O2/c17-12-4-5-16(23-11-13-3-1-2-8-22-13)14(9-12)15-10-19-21(20-15)7-6-18/h4-5,9-10,13H,1-3,6-8,11,18H2. The van der Waals surface area contributed by atoms with Crippen molar-refractivity contribution in [3.63, 3.8) is 0 Å². The van der Waals surface area contributed by atoms with E-state index in [0.29, 0.717) is 36.7 Å². The summed E-state index contributed by atoms with van der Waals surface area (Å²) in [6.45, 7) is 2.19. The summed E-state index contributed by atoms with van der Waals surface area (Å²) in [5, 5.41) is 8.44. The highest BCUT2D eigenvalue weighted by Gasteiger charge is 2.17. The van der Waals surface area contributed by atoms with E-state index in [2.05, 4.69) is 10.2 Å². The number of hydrogen-bond donors (Lipinski definition) is 1. The first-order valence-electron chi connectivity index (χ1n) is 7.91. The van der Waals surface area contributed by atoms with Gasteiger partial charge in [-0.25, -0.2) is 4.39 Å². The van der Waals surface area contributed by atoms with Gasteiger partial charge in [0.2, 0.25) is 0 Å². The van der Waals surface area contributed by atoms with Gasteiger partial charge >= 0.3 is 0 Å². The number of benzene rings is 1. The van der Waals surface area contributed by atoms with Gasteiger partial charge in [-0.15, -0.1) is 0 Å². The molecule has 0 saturated carbocycles. The molecular formula is C16H21FN4O2. The van der Waals surface area contributed by atoms with Crippen molar-refractivity contribution in [1.29, 1.82) is 0 Å². The zero-order chi connectivity index (χ0) is 16.1. The maximum absolute atomic E-state index is 13.6. The van der Waals surface area contributed by atoms with Crippen LogP contribution in [0.2, 0.25) is 0 Å². The van der Waals surface area contributed by atoms with Gasteiger partial charge in [-0.05, 0) is 37.5 Å². The quantitative estimate of drug-likeness (QED) is 0.881. The molecule has 6 nitrogen and oxygen atoms in total. The maximum atomic E-state index is 13.6. The summed E-state index contributed by atoms with van der Waals surface area (Å²) in [6.07, 6.45) is 4.92. The number of aromatic nitrogens is 3. The zero-order valence-electron chi connectivity index (χ0n) is 12.9. The van der Waals surface area contributed by atoms with Crippen LogP contribution in [0.5, 0.6) is 5.75 Å². The Hall–Kier alpha value is -1.99. The van der Waals surface area contributed by atoms with Crippen LogP contribution in [0.3, 0.4) is 0 Å². The van der Waals surface area contributed by atoms with Crippen LogP contribution in [0.4, 0.5) is 4.39 Å². The molecule has 2 N–H and O–H groups in total. The molecule has 0 amide bonds. The molecule has 1 aliphatic heterocycles. The molecule has 1 aliphatic rings. The third kappa shape index (κ3) is 4.05. The monoisotopic (exact) mass is 320 g/mol. The Kier molecular flexibility index (Phi) is 5.19. The van der Waals surface area contributed by atoms with Crippen LogP contribution >= 0.6 is 0 Å². The van der Waals surface area contributed by atoms with Gasteiger partial charge in [0.15, 0.2) is 0 Å². The molecule has 1 aromatic heterocycles. The van der Waals surface area contributed by atoms with Gasteiger partial charge in [0.05, 0.1) is 18.8 Å². The molecule has 7 heteroatoms. The lowest BCUT2D eigenvalue weighted by molar-refractivity contribution is -0.0109. The molecule has 124 valence electrons. The summed E-state index contributed by atoms with van der Waals surface area (Å²) in [7, 11) is 0. The second-order valence-electron chi connectivity index (χ2n) is 5.55. The lowest BCUT2D eigenvalue weighted by atomic mass is 10.1. The normalized spacial score (nSPS) is 18.1. The second-order valence-corrected chi connectivity index (χ2v) is 5.55. The van der Waals surface area contributed by atoms with E-state index in [1.54, 1.807) is 12.3 Å². The van der Waals surface area contributed by atoms with Crippen LogP contribution in [0.1, 0.15) is 19.3 Å². The highest BCUT2D eigenvalue weighted by atomic mass is 19.1. The van der Waals surface area contributed by atoms with Gasteiger partial charge in [-0.3, -0.25) is 0 Å². The predicted molar refractivity (Wildman–Crippen MR) is 83.6 cm³/mol. The largest absolute Gasteiger partial charge is 0.490 e. The first kappa shape index (κ1) is 15.9. The SMILES string of the molecule is NCCn1ncc(-c2cc(F)ccc2OCC2CCCCO2)n1. The van der Waals surface area contributed by atoms with Gasteiger partial charge in [0.1, 0.15) is 23.9 Å². The summed E-state index contributed by atoms with van der Waals surface area (Å²) in [4.78, 5) is 1.49. The van der Waals surface area contributed by atoms with E-state index in [1.165, 1.54) is 16.9 Å². The Bertz CT molecular complexity index is 641. The average molecular weight is 320 g/mol. The Morgan fingerprint density at radius 1 is 1.39 bits per heavy atom. The van der Waals surface area contributed by atoms with E-state index < -0.39 is 0 Å². The second kappa shape index (κ2) is 7.52. The third-order valence-corrected chi connectivity index (χ3v) is 3.78. The van der Waals surface area contributed by atoms with Crippen molar-refractivity contribution in [3.8, 4) is 17.0 Å². The first-order valence-corrected chi connectivity index (χ1v) is 7.91. The van der Waals surface area contributed by atoms with E-state index in [1.807, 2.05) is 0 Å². The number of hydrogen-bond acceptors (Lipinski definition) is 5. The molecule has 3 rings (SSSR count). The number of halogens is 1. The molecule has 0 radical (unpaired) electrons. The van der Waals surface area contributed by atoms with Crippen molar-refractivity contribution < 1.29 is 13.9 Å². The lowest BCUT2D eigenvalue weighted by Gasteiger charge is -2.23. The van der Waals surface area contributed by atoms with Gasteiger partial charge < -0.3 is 15.2 Å². The maximum Gasteiger partial charge on any atom is 0.129 e. The van der Waals surface area contributed by atoms with Crippen LogP contribution in [0.15, 0.2) is 24.4 Å². The first-order chi connectivity index (χ1) is 11.3. The zero-order valence-corrected chi connectivity index (χ0v) is 12.9. The van der Waals surface area contributed by atoms with Crippen molar-refractivity contribution in [1.82, 2.24) is 15.0 Å². The molecular weight excluding hydrogens is 299 g/mol. The minimum atomic E-state index is -0.338. The fourth-order valence-electron chi connectivity index (χ4n) is 2.59. The van der Waals surface area contributed by atoms with Crippen LogP contribution in [0.25, 0.3) is 11.3 Å². The minimum absolute atomic E-state index is 0.0922. The average Bonchev–Trinajstić information content (AvgIpc) is 3.03. The molecule has 23 heavy (non-hydrogen) atoms. The molecule has 1 unspecified atom stereocenters. The van der Waals surface area contributed by atoms with Crippen LogP contribution in [0, 0.1) is 5.82 Å². The topological polar surface area (TPSA) is 75.2 Å². The highest BCUT2D eigenvalue weighted by Crippen LogP contribution is 2.29. The molecule has 2 aromatic rings. The number of nitrogens with two attached hydrogens (primary N) is 1. The predicted octanol–water partition coefficient (Wildman–Crippen LogP) is 1.99. The fraction of sp³-hybridized carbons (Fsp3) is 0.500. The number of nitrogens with zero attached hydrogens (tertiary/aromatic N) is 3. The molecule has 1 atom stereocenters. The number of rotatable bonds is 6. The Morgan fingerprint density at radius 2 is 2.30 bits per heavy atom. The van der Waals surface area contributed by atoms with Crippen LogP contribution in [-0.4, -0.2) is 40.9 Å².